The molecule has 0 amide bonds. The summed E-state index contributed by atoms with van der Waals surface area (Å²) >= 11 is 0. The fraction of sp³-hybridized carbons (Fsp3) is 0.360. The van der Waals surface area contributed by atoms with E-state index >= 15 is 0 Å². The van der Waals surface area contributed by atoms with Crippen LogP contribution in [0, 0.1) is 6.92 Å². The molecular formula is C25H31N3O. The molecule has 4 rings (SSSR count). The summed E-state index contributed by atoms with van der Waals surface area (Å²) < 4.78 is 2.19. The Morgan fingerprint density at radius 3 is 2.34 bits per heavy atom. The second kappa shape index (κ2) is 8.95. The van der Waals surface area contributed by atoms with Crippen LogP contribution in [0.3, 0.4) is 0 Å². The number of hydrogen-bond acceptors (Lipinski definition) is 3. The van der Waals surface area contributed by atoms with E-state index < -0.39 is 6.10 Å². The zero-order valence-corrected chi connectivity index (χ0v) is 17.5. The van der Waals surface area contributed by atoms with Crippen molar-refractivity contribution in [1.29, 1.82) is 0 Å². The number of para-hydroxylation sites is 1. The minimum absolute atomic E-state index is 0.453. The summed E-state index contributed by atoms with van der Waals surface area (Å²) in [7, 11) is 2.08. The maximum atomic E-state index is 11.0. The van der Waals surface area contributed by atoms with Crippen LogP contribution in [0.2, 0.25) is 0 Å². The standard InChI is InChI=1S/C25H31N3O/c1-20-25(22-12-6-7-13-23(22)26(20)2)24(29)19-28-17-15-27(16-18-28)14-8-11-21-9-4-3-5-10-21/h3-13,24,29H,14-19H2,1-2H3. The maximum absolute atomic E-state index is 11.0. The van der Waals surface area contributed by atoms with Crippen molar-refractivity contribution in [3.05, 3.63) is 77.5 Å². The molecule has 0 spiro atoms. The second-order valence-corrected chi connectivity index (χ2v) is 8.01. The van der Waals surface area contributed by atoms with Gasteiger partial charge in [-0.3, -0.25) is 9.80 Å². The van der Waals surface area contributed by atoms with Gasteiger partial charge in [0, 0.05) is 68.5 Å². The lowest BCUT2D eigenvalue weighted by Gasteiger charge is -2.35. The molecule has 3 aromatic rings. The van der Waals surface area contributed by atoms with Crippen LogP contribution in [0.1, 0.15) is 22.9 Å². The van der Waals surface area contributed by atoms with Gasteiger partial charge >= 0.3 is 0 Å². The molecule has 1 aromatic heterocycles. The summed E-state index contributed by atoms with van der Waals surface area (Å²) in [6.07, 6.45) is 3.99. The van der Waals surface area contributed by atoms with Crippen molar-refractivity contribution in [2.24, 2.45) is 7.05 Å². The lowest BCUT2D eigenvalue weighted by Crippen LogP contribution is -2.47. The monoisotopic (exact) mass is 389 g/mol. The Labute approximate surface area is 173 Å². The number of hydrogen-bond donors (Lipinski definition) is 1. The van der Waals surface area contributed by atoms with E-state index in [4.69, 9.17) is 0 Å². The van der Waals surface area contributed by atoms with Gasteiger partial charge in [-0.2, -0.15) is 0 Å². The van der Waals surface area contributed by atoms with Crippen molar-refractivity contribution in [2.45, 2.75) is 13.0 Å². The molecule has 2 heterocycles. The summed E-state index contributed by atoms with van der Waals surface area (Å²) in [5, 5.41) is 12.2. The van der Waals surface area contributed by atoms with E-state index in [2.05, 4.69) is 89.0 Å². The molecule has 0 radical (unpaired) electrons. The van der Waals surface area contributed by atoms with E-state index in [1.54, 1.807) is 0 Å². The van der Waals surface area contributed by atoms with Gasteiger partial charge in [-0.1, -0.05) is 60.7 Å². The Kier molecular flexibility index (Phi) is 6.14. The first-order valence-electron chi connectivity index (χ1n) is 10.5. The molecule has 1 unspecified atom stereocenters. The van der Waals surface area contributed by atoms with Gasteiger partial charge < -0.3 is 9.67 Å². The Morgan fingerprint density at radius 1 is 0.931 bits per heavy atom. The van der Waals surface area contributed by atoms with Gasteiger partial charge in [0.25, 0.3) is 0 Å². The largest absolute Gasteiger partial charge is 0.387 e. The predicted molar refractivity (Wildman–Crippen MR) is 121 cm³/mol. The Morgan fingerprint density at radius 2 is 1.59 bits per heavy atom. The van der Waals surface area contributed by atoms with Crippen LogP contribution in [0.25, 0.3) is 17.0 Å². The maximum Gasteiger partial charge on any atom is 0.0940 e. The summed E-state index contributed by atoms with van der Waals surface area (Å²) in [6, 6.07) is 18.8. The summed E-state index contributed by atoms with van der Waals surface area (Å²) in [5.74, 6) is 0. The Hall–Kier alpha value is -2.40. The minimum Gasteiger partial charge on any atom is -0.387 e. The topological polar surface area (TPSA) is 31.6 Å². The summed E-state index contributed by atoms with van der Waals surface area (Å²) in [6.45, 7) is 7.87. The van der Waals surface area contributed by atoms with Crippen molar-refractivity contribution in [1.82, 2.24) is 14.4 Å². The van der Waals surface area contributed by atoms with Gasteiger partial charge in [0.1, 0.15) is 0 Å². The number of aliphatic hydroxyl groups excluding tert-OH is 1. The molecule has 1 saturated heterocycles. The molecule has 1 N–H and O–H groups in total. The molecule has 0 saturated carbocycles. The quantitative estimate of drug-likeness (QED) is 0.695. The molecule has 4 nitrogen and oxygen atoms in total. The summed E-state index contributed by atoms with van der Waals surface area (Å²) in [4.78, 5) is 4.87. The van der Waals surface area contributed by atoms with Crippen molar-refractivity contribution < 1.29 is 5.11 Å². The number of nitrogens with zero attached hydrogens (tertiary/aromatic N) is 3. The number of piperazine rings is 1. The molecule has 29 heavy (non-hydrogen) atoms. The molecule has 152 valence electrons. The van der Waals surface area contributed by atoms with Crippen LogP contribution in [0.15, 0.2) is 60.7 Å². The molecule has 1 aliphatic heterocycles. The SMILES string of the molecule is Cc1c(C(O)CN2CCN(CC=Cc3ccccc3)CC2)c2ccccc2n1C. The fourth-order valence-electron chi connectivity index (χ4n) is 4.36. The number of aromatic nitrogens is 1. The third-order valence-electron chi connectivity index (χ3n) is 6.15. The minimum atomic E-state index is -0.453. The first kappa shape index (κ1) is 19.9. The Balaban J connectivity index is 1.32. The normalized spacial score (nSPS) is 17.3. The van der Waals surface area contributed by atoms with Crippen LogP contribution in [-0.4, -0.2) is 58.7 Å². The number of fused-ring (bicyclic) bond motifs is 1. The molecule has 1 atom stereocenters. The number of rotatable bonds is 6. The van der Waals surface area contributed by atoms with Crippen LogP contribution in [0.4, 0.5) is 0 Å². The molecule has 2 aromatic carbocycles. The smallest absolute Gasteiger partial charge is 0.0940 e. The van der Waals surface area contributed by atoms with E-state index in [0.717, 1.165) is 44.0 Å². The number of β-amino-alcohol motifs (C(OH)–C–C–N with tert-alkyl or cyclic N) is 1. The highest BCUT2D eigenvalue weighted by atomic mass is 16.3. The van der Waals surface area contributed by atoms with Gasteiger partial charge in [0.2, 0.25) is 0 Å². The number of benzene rings is 2. The van der Waals surface area contributed by atoms with Gasteiger partial charge in [-0.05, 0) is 18.6 Å². The third kappa shape index (κ3) is 4.45. The highest BCUT2D eigenvalue weighted by Crippen LogP contribution is 2.30. The highest BCUT2D eigenvalue weighted by Gasteiger charge is 2.23. The van der Waals surface area contributed by atoms with E-state index in [9.17, 15) is 5.11 Å². The van der Waals surface area contributed by atoms with Gasteiger partial charge in [-0.15, -0.1) is 0 Å². The number of aryl methyl sites for hydroxylation is 1. The van der Waals surface area contributed by atoms with E-state index in [0.29, 0.717) is 6.54 Å². The first-order valence-corrected chi connectivity index (χ1v) is 10.5. The Bertz CT molecular complexity index is 968. The van der Waals surface area contributed by atoms with Crippen LogP contribution >= 0.6 is 0 Å². The van der Waals surface area contributed by atoms with Crippen LogP contribution in [-0.2, 0) is 7.05 Å². The lowest BCUT2D eigenvalue weighted by atomic mass is 10.0. The zero-order chi connectivity index (χ0) is 20.2. The van der Waals surface area contributed by atoms with Gasteiger partial charge in [0.15, 0.2) is 0 Å². The van der Waals surface area contributed by atoms with E-state index in [1.807, 2.05) is 6.07 Å². The molecular weight excluding hydrogens is 358 g/mol. The molecule has 0 bridgehead atoms. The zero-order valence-electron chi connectivity index (χ0n) is 17.5. The van der Waals surface area contributed by atoms with Crippen molar-refractivity contribution in [3.63, 3.8) is 0 Å². The van der Waals surface area contributed by atoms with E-state index in [-0.39, 0.29) is 0 Å². The molecule has 1 aliphatic rings. The van der Waals surface area contributed by atoms with Crippen LogP contribution in [0.5, 0.6) is 0 Å². The van der Waals surface area contributed by atoms with Crippen molar-refractivity contribution in [3.8, 4) is 0 Å². The molecule has 1 fully saturated rings. The molecule has 0 aliphatic carbocycles. The lowest BCUT2D eigenvalue weighted by molar-refractivity contribution is 0.0767. The number of aliphatic hydroxyl groups is 1. The molecule has 4 heteroatoms. The predicted octanol–water partition coefficient (Wildman–Crippen LogP) is 3.85. The second-order valence-electron chi connectivity index (χ2n) is 8.01. The fourth-order valence-corrected chi connectivity index (χ4v) is 4.36. The first-order chi connectivity index (χ1) is 14.1. The highest BCUT2D eigenvalue weighted by molar-refractivity contribution is 5.85. The van der Waals surface area contributed by atoms with E-state index in [1.165, 1.54) is 16.5 Å². The average Bonchev–Trinajstić information content (AvgIpc) is 3.01. The average molecular weight is 390 g/mol. The van der Waals surface area contributed by atoms with Crippen LogP contribution < -0.4 is 0 Å². The van der Waals surface area contributed by atoms with Gasteiger partial charge in [0.05, 0.1) is 6.10 Å². The summed E-state index contributed by atoms with van der Waals surface area (Å²) in [5.41, 5.74) is 4.67. The van der Waals surface area contributed by atoms with Crippen molar-refractivity contribution >= 4 is 17.0 Å². The third-order valence-corrected chi connectivity index (χ3v) is 6.15. The van der Waals surface area contributed by atoms with Gasteiger partial charge in [-0.25, -0.2) is 0 Å². The van der Waals surface area contributed by atoms with Crippen molar-refractivity contribution in [2.75, 3.05) is 39.3 Å².